The third kappa shape index (κ3) is 3.18. The Labute approximate surface area is 111 Å². The van der Waals surface area contributed by atoms with Crippen LogP contribution in [0, 0.1) is 11.3 Å². The highest BCUT2D eigenvalue weighted by molar-refractivity contribution is 5.48. The molecule has 2 aromatic rings. The number of nitrogens with two attached hydrogens (primary N) is 1. The van der Waals surface area contributed by atoms with Gasteiger partial charge in [-0.25, -0.2) is 15.8 Å². The molecule has 0 aliphatic carbocycles. The molecule has 0 radical (unpaired) electrons. The van der Waals surface area contributed by atoms with Gasteiger partial charge in [-0.1, -0.05) is 12.1 Å². The maximum Gasteiger partial charge on any atom is 0.145 e. The smallest absolute Gasteiger partial charge is 0.145 e. The van der Waals surface area contributed by atoms with E-state index in [1.807, 2.05) is 30.1 Å². The largest absolute Gasteiger partial charge is 0.355 e. The second-order valence-corrected chi connectivity index (χ2v) is 4.07. The van der Waals surface area contributed by atoms with Gasteiger partial charge in [0.2, 0.25) is 0 Å². The number of hydrazine groups is 1. The highest BCUT2D eigenvalue weighted by Gasteiger charge is 2.05. The van der Waals surface area contributed by atoms with E-state index in [0.29, 0.717) is 17.9 Å². The van der Waals surface area contributed by atoms with Crippen molar-refractivity contribution in [2.24, 2.45) is 5.84 Å². The lowest BCUT2D eigenvalue weighted by Gasteiger charge is -2.18. The molecular weight excluding hydrogens is 240 g/mol. The third-order valence-electron chi connectivity index (χ3n) is 2.67. The van der Waals surface area contributed by atoms with E-state index in [9.17, 15) is 0 Å². The molecule has 0 saturated carbocycles. The molecule has 0 unspecified atom stereocenters. The standard InChI is InChI=1S/C13H14N6/c1-19(13-6-12(18-15)16-9-17-13)8-11-4-2-3-10(5-11)7-14/h2-6,9H,8,15H2,1H3,(H,16,17,18). The number of anilines is 2. The van der Waals surface area contributed by atoms with Crippen LogP contribution in [0.25, 0.3) is 0 Å². The predicted octanol–water partition coefficient (Wildman–Crippen LogP) is 1.27. The second kappa shape index (κ2) is 5.80. The van der Waals surface area contributed by atoms with Crippen molar-refractivity contribution in [3.05, 3.63) is 47.8 Å². The van der Waals surface area contributed by atoms with Crippen LogP contribution >= 0.6 is 0 Å². The zero-order valence-electron chi connectivity index (χ0n) is 10.5. The summed E-state index contributed by atoms with van der Waals surface area (Å²) in [5.74, 6) is 6.63. The number of aromatic nitrogens is 2. The van der Waals surface area contributed by atoms with Gasteiger partial charge in [0, 0.05) is 19.7 Å². The number of nitrogen functional groups attached to an aromatic ring is 1. The number of benzene rings is 1. The molecule has 1 aromatic carbocycles. The van der Waals surface area contributed by atoms with Crippen LogP contribution in [0.5, 0.6) is 0 Å². The van der Waals surface area contributed by atoms with Crippen LogP contribution in [0.4, 0.5) is 11.6 Å². The van der Waals surface area contributed by atoms with Gasteiger partial charge in [-0.2, -0.15) is 5.26 Å². The number of rotatable bonds is 4. The van der Waals surface area contributed by atoms with E-state index >= 15 is 0 Å². The van der Waals surface area contributed by atoms with Crippen LogP contribution in [-0.4, -0.2) is 17.0 Å². The summed E-state index contributed by atoms with van der Waals surface area (Å²) in [7, 11) is 1.92. The van der Waals surface area contributed by atoms with Crippen molar-refractivity contribution < 1.29 is 0 Å². The predicted molar refractivity (Wildman–Crippen MR) is 73.1 cm³/mol. The Morgan fingerprint density at radius 2 is 2.21 bits per heavy atom. The summed E-state index contributed by atoms with van der Waals surface area (Å²) in [5, 5.41) is 8.88. The Morgan fingerprint density at radius 3 is 2.95 bits per heavy atom. The van der Waals surface area contributed by atoms with E-state index in [2.05, 4.69) is 21.5 Å². The highest BCUT2D eigenvalue weighted by Crippen LogP contribution is 2.15. The first-order valence-electron chi connectivity index (χ1n) is 5.72. The Hall–Kier alpha value is -2.65. The molecule has 0 bridgehead atoms. The fraction of sp³-hybridized carbons (Fsp3) is 0.154. The van der Waals surface area contributed by atoms with Crippen LogP contribution in [0.2, 0.25) is 0 Å². The molecule has 0 spiro atoms. The van der Waals surface area contributed by atoms with Gasteiger partial charge in [0.05, 0.1) is 11.6 Å². The summed E-state index contributed by atoms with van der Waals surface area (Å²) in [6, 6.07) is 11.4. The molecule has 96 valence electrons. The molecule has 0 fully saturated rings. The van der Waals surface area contributed by atoms with E-state index in [1.54, 1.807) is 12.1 Å². The molecule has 0 amide bonds. The maximum atomic E-state index is 8.88. The Balaban J connectivity index is 2.15. The van der Waals surface area contributed by atoms with E-state index in [1.165, 1.54) is 6.33 Å². The van der Waals surface area contributed by atoms with Gasteiger partial charge in [-0.15, -0.1) is 0 Å². The van der Waals surface area contributed by atoms with Gasteiger partial charge in [-0.05, 0) is 17.7 Å². The fourth-order valence-electron chi connectivity index (χ4n) is 1.73. The first-order chi connectivity index (χ1) is 9.22. The molecule has 1 aromatic heterocycles. The Kier molecular flexibility index (Phi) is 3.90. The topological polar surface area (TPSA) is 90.9 Å². The quantitative estimate of drug-likeness (QED) is 0.630. The zero-order valence-corrected chi connectivity index (χ0v) is 10.5. The molecule has 6 nitrogen and oxygen atoms in total. The van der Waals surface area contributed by atoms with Crippen molar-refractivity contribution in [1.29, 1.82) is 5.26 Å². The lowest BCUT2D eigenvalue weighted by Crippen LogP contribution is -2.18. The van der Waals surface area contributed by atoms with Gasteiger partial charge in [0.1, 0.15) is 18.0 Å². The third-order valence-corrected chi connectivity index (χ3v) is 2.67. The van der Waals surface area contributed by atoms with E-state index in [0.717, 1.165) is 11.4 Å². The number of nitrogens with one attached hydrogen (secondary N) is 1. The van der Waals surface area contributed by atoms with Gasteiger partial charge in [-0.3, -0.25) is 0 Å². The van der Waals surface area contributed by atoms with Gasteiger partial charge >= 0.3 is 0 Å². The molecule has 2 rings (SSSR count). The molecule has 0 saturated heterocycles. The summed E-state index contributed by atoms with van der Waals surface area (Å²) in [5.41, 5.74) is 4.18. The van der Waals surface area contributed by atoms with E-state index in [4.69, 9.17) is 11.1 Å². The first-order valence-corrected chi connectivity index (χ1v) is 5.72. The molecule has 0 aliphatic heterocycles. The fourth-order valence-corrected chi connectivity index (χ4v) is 1.73. The minimum absolute atomic E-state index is 0.558. The monoisotopic (exact) mass is 254 g/mol. The zero-order chi connectivity index (χ0) is 13.7. The van der Waals surface area contributed by atoms with Crippen LogP contribution < -0.4 is 16.2 Å². The lowest BCUT2D eigenvalue weighted by molar-refractivity contribution is 0.890. The lowest BCUT2D eigenvalue weighted by atomic mass is 10.1. The van der Waals surface area contributed by atoms with Crippen LogP contribution in [0.15, 0.2) is 36.7 Å². The van der Waals surface area contributed by atoms with Crippen LogP contribution in [-0.2, 0) is 6.54 Å². The highest BCUT2D eigenvalue weighted by atomic mass is 15.3. The SMILES string of the molecule is CN(Cc1cccc(C#N)c1)c1cc(NN)ncn1. The molecule has 0 atom stereocenters. The molecule has 0 aliphatic rings. The van der Waals surface area contributed by atoms with Gasteiger partial charge in [0.15, 0.2) is 0 Å². The van der Waals surface area contributed by atoms with Crippen molar-refractivity contribution >= 4 is 11.6 Å². The van der Waals surface area contributed by atoms with Crippen LogP contribution in [0.3, 0.4) is 0 Å². The normalized spacial score (nSPS) is 9.74. The molecule has 1 heterocycles. The minimum atomic E-state index is 0.558. The minimum Gasteiger partial charge on any atom is -0.355 e. The van der Waals surface area contributed by atoms with Gasteiger partial charge < -0.3 is 10.3 Å². The summed E-state index contributed by atoms with van der Waals surface area (Å²) in [6.45, 7) is 0.649. The number of hydrogen-bond acceptors (Lipinski definition) is 6. The average molecular weight is 254 g/mol. The molecule has 19 heavy (non-hydrogen) atoms. The Bertz CT molecular complexity index is 604. The van der Waals surface area contributed by atoms with Crippen molar-refractivity contribution in [2.75, 3.05) is 17.4 Å². The van der Waals surface area contributed by atoms with Crippen LogP contribution in [0.1, 0.15) is 11.1 Å². The van der Waals surface area contributed by atoms with Crippen molar-refractivity contribution in [1.82, 2.24) is 9.97 Å². The molecular formula is C13H14N6. The Morgan fingerprint density at radius 1 is 1.37 bits per heavy atom. The van der Waals surface area contributed by atoms with Crippen molar-refractivity contribution in [3.8, 4) is 6.07 Å². The average Bonchev–Trinajstić information content (AvgIpc) is 2.47. The van der Waals surface area contributed by atoms with E-state index < -0.39 is 0 Å². The number of hydrogen-bond donors (Lipinski definition) is 2. The van der Waals surface area contributed by atoms with E-state index in [-0.39, 0.29) is 0 Å². The molecule has 3 N–H and O–H groups in total. The van der Waals surface area contributed by atoms with Crippen molar-refractivity contribution in [3.63, 3.8) is 0 Å². The van der Waals surface area contributed by atoms with Crippen molar-refractivity contribution in [2.45, 2.75) is 6.54 Å². The number of nitrogens with zero attached hydrogens (tertiary/aromatic N) is 4. The van der Waals surface area contributed by atoms with Gasteiger partial charge in [0.25, 0.3) is 0 Å². The number of nitriles is 1. The summed E-state index contributed by atoms with van der Waals surface area (Å²) >= 11 is 0. The summed E-state index contributed by atoms with van der Waals surface area (Å²) < 4.78 is 0. The summed E-state index contributed by atoms with van der Waals surface area (Å²) in [4.78, 5) is 10.1. The summed E-state index contributed by atoms with van der Waals surface area (Å²) in [6.07, 6.45) is 1.45. The maximum absolute atomic E-state index is 8.88. The molecule has 6 heteroatoms. The first kappa shape index (κ1) is 12.8. The second-order valence-electron chi connectivity index (χ2n) is 4.07.